The molecule has 0 aliphatic heterocycles. The quantitative estimate of drug-likeness (QED) is 0.0904. The van der Waals surface area contributed by atoms with E-state index in [2.05, 4.69) is 10.3 Å². The molecule has 0 heterocycles. The van der Waals surface area contributed by atoms with Crippen LogP contribution in [0.1, 0.15) is 40.5 Å². The summed E-state index contributed by atoms with van der Waals surface area (Å²) in [6.45, 7) is 8.21. The summed E-state index contributed by atoms with van der Waals surface area (Å²) in [5.41, 5.74) is 10.8. The summed E-state index contributed by atoms with van der Waals surface area (Å²) in [4.78, 5) is 38.9. The van der Waals surface area contributed by atoms with E-state index < -0.39 is 32.8 Å². The Hall–Kier alpha value is -0.858. The summed E-state index contributed by atoms with van der Waals surface area (Å²) >= 11 is 0. The van der Waals surface area contributed by atoms with E-state index in [1.165, 1.54) is 0 Å². The number of hydrogen-bond acceptors (Lipinski definition) is 14. The van der Waals surface area contributed by atoms with Gasteiger partial charge in [-0.05, 0) is 40.2 Å². The van der Waals surface area contributed by atoms with E-state index in [1.54, 1.807) is 14.2 Å². The van der Waals surface area contributed by atoms with E-state index in [9.17, 15) is 0 Å². The predicted octanol–water partition coefficient (Wildman–Crippen LogP) is -5.03. The van der Waals surface area contributed by atoms with E-state index in [1.807, 2.05) is 0 Å². The summed E-state index contributed by atoms with van der Waals surface area (Å²) in [6.07, 6.45) is 1.85. The van der Waals surface area contributed by atoms with Gasteiger partial charge in [-0.15, -0.1) is 0 Å². The van der Waals surface area contributed by atoms with Gasteiger partial charge >= 0.3 is 48.9 Å². The van der Waals surface area contributed by atoms with Crippen LogP contribution in [-0.4, -0.2) is 91.5 Å². The molecule has 7 N–H and O–H groups in total. The first-order chi connectivity index (χ1) is 15.7. The largest absolute Gasteiger partial charge is 3.00 e. The molecule has 15 nitrogen and oxygen atoms in total. The van der Waals surface area contributed by atoms with Crippen LogP contribution in [0.2, 0.25) is 0 Å². The van der Waals surface area contributed by atoms with Crippen LogP contribution in [0.15, 0.2) is 0 Å². The zero-order valence-corrected chi connectivity index (χ0v) is 24.5. The predicted molar refractivity (Wildman–Crippen MR) is 119 cm³/mol. The fourth-order valence-electron chi connectivity index (χ4n) is 1.38. The van der Waals surface area contributed by atoms with Crippen molar-refractivity contribution in [2.75, 3.05) is 53.6 Å². The van der Waals surface area contributed by atoms with Crippen LogP contribution >= 0.6 is 0 Å². The number of carboxylic acids is 4. The van der Waals surface area contributed by atoms with Crippen LogP contribution < -0.4 is 37.1 Å². The fraction of sp³-hybridized carbons (Fsp3) is 0.778. The van der Waals surface area contributed by atoms with Gasteiger partial charge in [-0.1, -0.05) is 0 Å². The number of carbonyl (C=O) groups is 4. The van der Waals surface area contributed by atoms with Gasteiger partial charge in [-0.3, -0.25) is 9.78 Å². The minimum atomic E-state index is -2.72. The fourth-order valence-corrected chi connectivity index (χ4v) is 3.02. The molecule has 0 aromatic rings. The number of aliphatic carboxylic acids is 4. The number of nitrogens with one attached hydrogen (secondary N) is 2. The van der Waals surface area contributed by atoms with Crippen LogP contribution in [0.3, 0.4) is 0 Å². The van der Waals surface area contributed by atoms with Gasteiger partial charge in [0.25, 0.3) is 5.97 Å². The van der Waals surface area contributed by atoms with Crippen molar-refractivity contribution in [2.24, 2.45) is 11.5 Å². The van der Waals surface area contributed by atoms with Crippen molar-refractivity contribution in [3.63, 3.8) is 0 Å². The molecule has 0 aliphatic carbocycles. The molecule has 0 atom stereocenters. The molecule has 0 amide bonds. The molecule has 0 aromatic heterocycles. The Morgan fingerprint density at radius 1 is 0.800 bits per heavy atom. The van der Waals surface area contributed by atoms with Crippen LogP contribution in [0.4, 0.5) is 0 Å². The van der Waals surface area contributed by atoms with Crippen LogP contribution in [0, 0.1) is 39.9 Å². The van der Waals surface area contributed by atoms with E-state index in [-0.39, 0.29) is 39.9 Å². The summed E-state index contributed by atoms with van der Waals surface area (Å²) in [5.74, 6) is -4.08. The molecular formula is C18H41GdN4O11Si. The van der Waals surface area contributed by atoms with Gasteiger partial charge in [0.05, 0.1) is 0 Å². The van der Waals surface area contributed by atoms with Crippen molar-refractivity contribution in [1.82, 2.24) is 10.3 Å². The second-order valence-electron chi connectivity index (χ2n) is 5.77. The third kappa shape index (κ3) is 79.2. The zero-order chi connectivity index (χ0) is 28.0. The summed E-state index contributed by atoms with van der Waals surface area (Å²) in [7, 11) is 0.477. The number of rotatable bonds is 13. The van der Waals surface area contributed by atoms with Crippen molar-refractivity contribution in [3.05, 3.63) is 0 Å². The van der Waals surface area contributed by atoms with Crippen LogP contribution in [0.25, 0.3) is 0 Å². The van der Waals surface area contributed by atoms with E-state index in [0.717, 1.165) is 53.6 Å². The Balaban J connectivity index is -0.000000101. The maximum Gasteiger partial charge on any atom is 3.00 e. The van der Waals surface area contributed by atoms with Gasteiger partial charge in [-0.2, -0.15) is 0 Å². The molecule has 0 bridgehead atoms. The topological polar surface area (TPSA) is 261 Å². The third-order valence-corrected chi connectivity index (χ3v) is 4.73. The van der Waals surface area contributed by atoms with E-state index >= 15 is 0 Å². The van der Waals surface area contributed by atoms with E-state index in [0.29, 0.717) is 26.2 Å². The molecule has 0 fully saturated rings. The SMILES string of the molecule is CC(=O)O.CC(=O)[O-].CC(=O)[O-].CC(=O)[O-].CO[Si](NCCNCCN)(OC)OCCCCN.[Gd+3]. The normalized spacial score (nSPS) is 9.03. The first-order valence-corrected chi connectivity index (χ1v) is 11.7. The maximum absolute atomic E-state index is 9.00. The van der Waals surface area contributed by atoms with Crippen LogP contribution in [-0.2, 0) is 32.5 Å². The number of nitrogens with two attached hydrogens (primary N) is 2. The molecule has 0 aliphatic rings. The molecule has 0 saturated heterocycles. The number of unbranched alkanes of at least 4 members (excludes halogenated alkanes) is 1. The van der Waals surface area contributed by atoms with Crippen molar-refractivity contribution in [2.45, 2.75) is 40.5 Å². The Morgan fingerprint density at radius 2 is 1.17 bits per heavy atom. The number of hydrogen-bond donors (Lipinski definition) is 5. The smallest absolute Gasteiger partial charge is 0.550 e. The Morgan fingerprint density at radius 3 is 1.46 bits per heavy atom. The van der Waals surface area contributed by atoms with Crippen molar-refractivity contribution < 1.29 is 92.8 Å². The third-order valence-electron chi connectivity index (χ3n) is 2.39. The van der Waals surface area contributed by atoms with Gasteiger partial charge < -0.3 is 64.9 Å². The Bertz CT molecular complexity index is 439. The van der Waals surface area contributed by atoms with Crippen molar-refractivity contribution in [1.29, 1.82) is 0 Å². The maximum atomic E-state index is 9.00. The van der Waals surface area contributed by atoms with Gasteiger partial charge in [0.15, 0.2) is 0 Å². The van der Waals surface area contributed by atoms with E-state index in [4.69, 9.17) is 64.3 Å². The van der Waals surface area contributed by atoms with Crippen molar-refractivity contribution in [3.8, 4) is 0 Å². The molecule has 0 unspecified atom stereocenters. The van der Waals surface area contributed by atoms with Gasteiger partial charge in [0.2, 0.25) is 0 Å². The molecule has 35 heavy (non-hydrogen) atoms. The molecule has 1 radical (unpaired) electrons. The average molecular weight is 675 g/mol. The zero-order valence-electron chi connectivity index (χ0n) is 21.2. The molecule has 0 rings (SSSR count). The minimum Gasteiger partial charge on any atom is -0.550 e. The van der Waals surface area contributed by atoms with Crippen molar-refractivity contribution >= 4 is 32.8 Å². The van der Waals surface area contributed by atoms with Crippen LogP contribution in [0.5, 0.6) is 0 Å². The Labute approximate surface area is 240 Å². The molecule has 0 spiro atoms. The molecule has 211 valence electrons. The standard InChI is InChI=1S/C10H28N4O3Si.4C2H4O2.Gd/c1-15-18(16-2,17-10-4-3-5-11)14-9-8-13-7-6-12;4*1-2(3)4;/h13-14H,3-12H2,1-2H3;4*1H3,(H,3,4);/q;;;;;+3/p-3. The molecule has 17 heteroatoms. The summed E-state index contributed by atoms with van der Waals surface area (Å²) < 4.78 is 16.5. The number of carbonyl (C=O) groups excluding carboxylic acids is 3. The summed E-state index contributed by atoms with van der Waals surface area (Å²) in [5, 5.41) is 37.3. The summed E-state index contributed by atoms with van der Waals surface area (Å²) in [6, 6.07) is 0. The van der Waals surface area contributed by atoms with Gasteiger partial charge in [-0.25, -0.2) is 0 Å². The molecular weight excluding hydrogens is 634 g/mol. The second kappa shape index (κ2) is 37.7. The minimum absolute atomic E-state index is 0. The first kappa shape index (κ1) is 47.4. The first-order valence-electron chi connectivity index (χ1n) is 10.00. The van der Waals surface area contributed by atoms with Gasteiger partial charge in [0.1, 0.15) is 0 Å². The monoisotopic (exact) mass is 675 g/mol. The average Bonchev–Trinajstić information content (AvgIpc) is 2.68. The molecule has 0 saturated carbocycles. The second-order valence-corrected chi connectivity index (χ2v) is 8.34. The Kier molecular flexibility index (Phi) is 51.0. The van der Waals surface area contributed by atoms with Gasteiger partial charge in [0, 0.05) is 71.8 Å². The molecule has 0 aromatic carbocycles. The number of carboxylic acid groups (broad SMARTS) is 4.